The molecule has 0 saturated heterocycles. The molecule has 0 radical (unpaired) electrons. The maximum absolute atomic E-state index is 12.7. The van der Waals surface area contributed by atoms with Gasteiger partial charge in [0.1, 0.15) is 5.75 Å². The van der Waals surface area contributed by atoms with Gasteiger partial charge in [-0.1, -0.05) is 0 Å². The average molecular weight is 448 g/mol. The zero-order valence-electron chi connectivity index (χ0n) is 16.9. The summed E-state index contributed by atoms with van der Waals surface area (Å²) in [4.78, 5) is 21.4. The summed E-state index contributed by atoms with van der Waals surface area (Å²) in [6.07, 6.45) is 0.978. The Morgan fingerprint density at radius 1 is 1.10 bits per heavy atom. The summed E-state index contributed by atoms with van der Waals surface area (Å²) in [5.74, 6) is 0.368. The Morgan fingerprint density at radius 2 is 1.77 bits per heavy atom. The van der Waals surface area contributed by atoms with Crippen molar-refractivity contribution in [2.45, 2.75) is 31.8 Å². The van der Waals surface area contributed by atoms with Crippen LogP contribution in [0.15, 0.2) is 46.7 Å². The molecule has 0 aliphatic rings. The smallest absolute Gasteiger partial charge is 0.257 e. The van der Waals surface area contributed by atoms with Crippen molar-refractivity contribution < 1.29 is 22.7 Å². The van der Waals surface area contributed by atoms with Crippen LogP contribution in [0, 0.1) is 6.92 Å². The third kappa shape index (κ3) is 5.77. The van der Waals surface area contributed by atoms with E-state index in [4.69, 9.17) is 9.47 Å². The predicted molar refractivity (Wildman–Crippen MR) is 114 cm³/mol. The molecule has 3 aromatic rings. The quantitative estimate of drug-likeness (QED) is 0.581. The van der Waals surface area contributed by atoms with Crippen LogP contribution >= 0.6 is 11.3 Å². The lowest BCUT2D eigenvalue weighted by atomic mass is 10.2. The van der Waals surface area contributed by atoms with Crippen LogP contribution in [0.4, 0.5) is 5.13 Å². The van der Waals surface area contributed by atoms with Gasteiger partial charge in [-0.25, -0.2) is 13.4 Å². The van der Waals surface area contributed by atoms with Gasteiger partial charge in [-0.05, 0) is 45.0 Å². The number of amides is 1. The van der Waals surface area contributed by atoms with Gasteiger partial charge < -0.3 is 9.47 Å². The molecular weight excluding hydrogens is 426 g/mol. The van der Waals surface area contributed by atoms with E-state index in [2.05, 4.69) is 15.3 Å². The van der Waals surface area contributed by atoms with Gasteiger partial charge in [0.25, 0.3) is 5.91 Å². The summed E-state index contributed by atoms with van der Waals surface area (Å²) in [7, 11) is -3.31. The molecule has 0 spiro atoms. The van der Waals surface area contributed by atoms with E-state index in [1.165, 1.54) is 47.7 Å². The van der Waals surface area contributed by atoms with Crippen LogP contribution in [-0.4, -0.2) is 36.7 Å². The summed E-state index contributed by atoms with van der Waals surface area (Å²) in [6, 6.07) is 8.93. The number of pyridine rings is 1. The van der Waals surface area contributed by atoms with Crippen molar-refractivity contribution in [2.24, 2.45) is 0 Å². The van der Waals surface area contributed by atoms with Crippen LogP contribution in [0.1, 0.15) is 29.9 Å². The zero-order valence-corrected chi connectivity index (χ0v) is 18.5. The number of aromatic nitrogens is 2. The maximum atomic E-state index is 12.7. The van der Waals surface area contributed by atoms with Crippen molar-refractivity contribution >= 4 is 32.2 Å². The van der Waals surface area contributed by atoms with Gasteiger partial charge in [-0.15, -0.1) is 11.3 Å². The highest BCUT2D eigenvalue weighted by atomic mass is 32.2. The molecule has 2 aromatic heterocycles. The standard InChI is InChI=1S/C20H21N3O5S2/c1-12(2)27-17-9-14(19(24)23-20-21-13(3)11-29-20)10-18(22-17)28-15-5-7-16(8-6-15)30(4,25)26/h5-12H,1-4H3,(H,21,23,24). The van der Waals surface area contributed by atoms with Crippen molar-refractivity contribution in [3.63, 3.8) is 0 Å². The molecule has 8 nitrogen and oxygen atoms in total. The summed E-state index contributed by atoms with van der Waals surface area (Å²) in [5, 5.41) is 5.06. The number of hydrogen-bond acceptors (Lipinski definition) is 8. The van der Waals surface area contributed by atoms with E-state index < -0.39 is 9.84 Å². The van der Waals surface area contributed by atoms with Gasteiger partial charge in [-0.2, -0.15) is 4.98 Å². The highest BCUT2D eigenvalue weighted by Crippen LogP contribution is 2.26. The van der Waals surface area contributed by atoms with Gasteiger partial charge in [-0.3, -0.25) is 10.1 Å². The lowest BCUT2D eigenvalue weighted by Gasteiger charge is -2.13. The Bertz CT molecular complexity index is 1160. The minimum atomic E-state index is -3.31. The average Bonchev–Trinajstić information content (AvgIpc) is 3.05. The third-order valence-corrected chi connectivity index (χ3v) is 5.71. The second kappa shape index (κ2) is 8.80. The second-order valence-corrected chi connectivity index (χ2v) is 9.67. The van der Waals surface area contributed by atoms with Crippen LogP contribution in [0.25, 0.3) is 0 Å². The molecule has 10 heteroatoms. The van der Waals surface area contributed by atoms with E-state index in [0.717, 1.165) is 11.9 Å². The van der Waals surface area contributed by atoms with Gasteiger partial charge in [0, 0.05) is 23.8 Å². The van der Waals surface area contributed by atoms with Crippen LogP contribution in [0.5, 0.6) is 17.5 Å². The molecule has 1 N–H and O–H groups in total. The molecule has 3 rings (SSSR count). The summed E-state index contributed by atoms with van der Waals surface area (Å²) in [5.41, 5.74) is 1.10. The minimum absolute atomic E-state index is 0.140. The first-order valence-corrected chi connectivity index (χ1v) is 11.8. The SMILES string of the molecule is Cc1csc(NC(=O)c2cc(Oc3ccc(S(C)(=O)=O)cc3)nc(OC(C)C)c2)n1. The number of carbonyl (C=O) groups excluding carboxylic acids is 1. The van der Waals surface area contributed by atoms with Crippen LogP contribution in [-0.2, 0) is 9.84 Å². The topological polar surface area (TPSA) is 107 Å². The predicted octanol–water partition coefficient (Wildman–Crippen LogP) is 4.08. The molecular formula is C20H21N3O5S2. The van der Waals surface area contributed by atoms with Crippen LogP contribution in [0.3, 0.4) is 0 Å². The fraction of sp³-hybridized carbons (Fsp3) is 0.250. The highest BCUT2D eigenvalue weighted by Gasteiger charge is 2.15. The largest absolute Gasteiger partial charge is 0.475 e. The fourth-order valence-corrected chi connectivity index (χ4v) is 3.74. The Balaban J connectivity index is 1.87. The van der Waals surface area contributed by atoms with Gasteiger partial charge in [0.15, 0.2) is 15.0 Å². The fourth-order valence-electron chi connectivity index (χ4n) is 2.42. The molecule has 2 heterocycles. The number of aryl methyl sites for hydroxylation is 1. The van der Waals surface area contributed by atoms with Crippen LogP contribution < -0.4 is 14.8 Å². The van der Waals surface area contributed by atoms with Crippen molar-refractivity contribution in [2.75, 3.05) is 11.6 Å². The van der Waals surface area contributed by atoms with E-state index in [1.54, 1.807) is 0 Å². The minimum Gasteiger partial charge on any atom is -0.475 e. The zero-order chi connectivity index (χ0) is 21.9. The van der Waals surface area contributed by atoms with Gasteiger partial charge in [0.2, 0.25) is 11.8 Å². The highest BCUT2D eigenvalue weighted by molar-refractivity contribution is 7.90. The molecule has 30 heavy (non-hydrogen) atoms. The number of sulfone groups is 1. The lowest BCUT2D eigenvalue weighted by Crippen LogP contribution is -2.14. The molecule has 1 amide bonds. The van der Waals surface area contributed by atoms with Gasteiger partial charge in [0.05, 0.1) is 22.3 Å². The number of nitrogens with zero attached hydrogens (tertiary/aromatic N) is 2. The number of benzene rings is 1. The number of anilines is 1. The molecule has 1 aromatic carbocycles. The second-order valence-electron chi connectivity index (χ2n) is 6.79. The molecule has 0 atom stereocenters. The molecule has 0 aliphatic heterocycles. The molecule has 0 saturated carbocycles. The maximum Gasteiger partial charge on any atom is 0.257 e. The number of nitrogens with one attached hydrogen (secondary N) is 1. The Labute approximate surface area is 178 Å². The molecule has 158 valence electrons. The van der Waals surface area contributed by atoms with Gasteiger partial charge >= 0.3 is 0 Å². The van der Waals surface area contributed by atoms with Crippen molar-refractivity contribution in [1.29, 1.82) is 0 Å². The van der Waals surface area contributed by atoms with Crippen molar-refractivity contribution in [3.05, 3.63) is 53.0 Å². The van der Waals surface area contributed by atoms with Crippen molar-refractivity contribution in [1.82, 2.24) is 9.97 Å². The van der Waals surface area contributed by atoms with Crippen molar-refractivity contribution in [3.8, 4) is 17.5 Å². The lowest BCUT2D eigenvalue weighted by molar-refractivity contribution is 0.102. The first-order chi connectivity index (χ1) is 14.1. The number of thiazole rings is 1. The monoisotopic (exact) mass is 447 g/mol. The Morgan fingerprint density at radius 3 is 2.33 bits per heavy atom. The summed E-state index contributed by atoms with van der Waals surface area (Å²) >= 11 is 1.33. The third-order valence-electron chi connectivity index (χ3n) is 3.71. The Hall–Kier alpha value is -2.98. The Kier molecular flexibility index (Phi) is 6.37. The summed E-state index contributed by atoms with van der Waals surface area (Å²) < 4.78 is 34.6. The molecule has 0 bridgehead atoms. The first kappa shape index (κ1) is 21.7. The first-order valence-electron chi connectivity index (χ1n) is 9.00. The molecule has 0 fully saturated rings. The van der Waals surface area contributed by atoms with E-state index >= 15 is 0 Å². The van der Waals surface area contributed by atoms with E-state index in [-0.39, 0.29) is 34.2 Å². The van der Waals surface area contributed by atoms with E-state index in [0.29, 0.717) is 10.9 Å². The summed E-state index contributed by atoms with van der Waals surface area (Å²) in [6.45, 7) is 5.53. The normalized spacial score (nSPS) is 11.4. The molecule has 0 unspecified atom stereocenters. The number of carbonyl (C=O) groups is 1. The number of hydrogen-bond donors (Lipinski definition) is 1. The van der Waals surface area contributed by atoms with E-state index in [9.17, 15) is 13.2 Å². The van der Waals surface area contributed by atoms with Crippen LogP contribution in [0.2, 0.25) is 0 Å². The molecule has 0 aliphatic carbocycles. The number of ether oxygens (including phenoxy) is 2. The van der Waals surface area contributed by atoms with E-state index in [1.807, 2.05) is 26.2 Å². The number of rotatable bonds is 7.